The highest BCUT2D eigenvalue weighted by Gasteiger charge is 2.18. The van der Waals surface area contributed by atoms with Gasteiger partial charge in [-0.15, -0.1) is 11.3 Å². The summed E-state index contributed by atoms with van der Waals surface area (Å²) in [5, 5.41) is 5.31. The number of anilines is 1. The molecule has 1 aromatic heterocycles. The van der Waals surface area contributed by atoms with Gasteiger partial charge in [-0.1, -0.05) is 12.1 Å². The third kappa shape index (κ3) is 5.25. The average molecular weight is 390 g/mol. The number of carbonyl (C=O) groups is 2. The Morgan fingerprint density at radius 1 is 1.30 bits per heavy atom. The van der Waals surface area contributed by atoms with Gasteiger partial charge in [0.25, 0.3) is 11.8 Å². The van der Waals surface area contributed by atoms with Crippen molar-refractivity contribution in [2.45, 2.75) is 6.42 Å². The van der Waals surface area contributed by atoms with Gasteiger partial charge in [0.05, 0.1) is 23.9 Å². The normalized spacial score (nSPS) is 14.0. The lowest BCUT2D eigenvalue weighted by molar-refractivity contribution is -0.137. The molecule has 1 aromatic carbocycles. The van der Waals surface area contributed by atoms with Gasteiger partial charge >= 0.3 is 0 Å². The van der Waals surface area contributed by atoms with Crippen LogP contribution in [-0.2, 0) is 16.0 Å². The Morgan fingerprint density at radius 2 is 2.07 bits per heavy atom. The van der Waals surface area contributed by atoms with Gasteiger partial charge in [0, 0.05) is 24.9 Å². The molecule has 1 aliphatic heterocycles. The highest BCUT2D eigenvalue weighted by molar-refractivity contribution is 7.09. The van der Waals surface area contributed by atoms with E-state index in [1.807, 2.05) is 0 Å². The Labute approximate surface area is 161 Å². The smallest absolute Gasteiger partial charge is 0.275 e. The van der Waals surface area contributed by atoms with E-state index in [4.69, 9.17) is 15.2 Å². The van der Waals surface area contributed by atoms with Gasteiger partial charge < -0.3 is 25.4 Å². The third-order valence-corrected chi connectivity index (χ3v) is 4.90. The maximum absolute atomic E-state index is 12.4. The van der Waals surface area contributed by atoms with E-state index in [1.54, 1.807) is 34.5 Å². The lowest BCUT2D eigenvalue weighted by Gasteiger charge is -2.26. The van der Waals surface area contributed by atoms with Gasteiger partial charge in [-0.25, -0.2) is 4.98 Å². The largest absolute Gasteiger partial charge is 0.482 e. The number of nitrogens with one attached hydrogen (secondary N) is 1. The van der Waals surface area contributed by atoms with Crippen molar-refractivity contribution in [3.05, 3.63) is 40.3 Å². The van der Waals surface area contributed by atoms with Crippen LogP contribution in [0.2, 0.25) is 0 Å². The van der Waals surface area contributed by atoms with E-state index in [2.05, 4.69) is 10.3 Å². The van der Waals surface area contributed by atoms with E-state index in [0.29, 0.717) is 56.4 Å². The maximum Gasteiger partial charge on any atom is 0.275 e. The molecule has 0 unspecified atom stereocenters. The van der Waals surface area contributed by atoms with Crippen LogP contribution in [0.1, 0.15) is 15.5 Å². The number of nitrogens with zero attached hydrogens (tertiary/aromatic N) is 2. The molecule has 0 spiro atoms. The number of nitrogens with two attached hydrogens (primary N) is 1. The monoisotopic (exact) mass is 390 g/mol. The first kappa shape index (κ1) is 19.3. The second kappa shape index (κ2) is 9.45. The molecule has 2 amide bonds. The topological polar surface area (TPSA) is 107 Å². The van der Waals surface area contributed by atoms with Crippen LogP contribution in [0, 0.1) is 0 Å². The Kier molecular flexibility index (Phi) is 6.74. The number of thiazole rings is 1. The van der Waals surface area contributed by atoms with Gasteiger partial charge in [-0.2, -0.15) is 0 Å². The molecule has 0 aliphatic carbocycles. The zero-order chi connectivity index (χ0) is 19.1. The lowest BCUT2D eigenvalue weighted by Crippen LogP contribution is -2.43. The van der Waals surface area contributed by atoms with Crippen molar-refractivity contribution in [3.8, 4) is 5.75 Å². The zero-order valence-electron chi connectivity index (χ0n) is 14.8. The number of carbonyl (C=O) groups excluding carboxylic acids is 2. The summed E-state index contributed by atoms with van der Waals surface area (Å²) in [4.78, 5) is 30.6. The summed E-state index contributed by atoms with van der Waals surface area (Å²) in [7, 11) is 0. The number of benzene rings is 1. The first-order valence-corrected chi connectivity index (χ1v) is 9.58. The predicted molar refractivity (Wildman–Crippen MR) is 102 cm³/mol. The average Bonchev–Trinajstić information content (AvgIpc) is 3.17. The van der Waals surface area contributed by atoms with E-state index >= 15 is 0 Å². The number of morpholine rings is 1. The fraction of sp³-hybridized carbons (Fsp3) is 0.389. The second-order valence-corrected chi connectivity index (χ2v) is 6.84. The van der Waals surface area contributed by atoms with Crippen LogP contribution in [0.15, 0.2) is 29.6 Å². The Morgan fingerprint density at radius 3 is 2.85 bits per heavy atom. The van der Waals surface area contributed by atoms with E-state index in [1.165, 1.54) is 11.3 Å². The minimum absolute atomic E-state index is 0.0930. The molecule has 8 nitrogen and oxygen atoms in total. The highest BCUT2D eigenvalue weighted by atomic mass is 32.1. The SMILES string of the molecule is NCCc1nc(C(=O)Nc2ccccc2OCC(=O)N2CCOCC2)cs1. The van der Waals surface area contributed by atoms with E-state index in [-0.39, 0.29) is 18.4 Å². The number of para-hydroxylation sites is 2. The fourth-order valence-corrected chi connectivity index (χ4v) is 3.37. The van der Waals surface area contributed by atoms with Crippen molar-refractivity contribution >= 4 is 28.8 Å². The molecule has 3 rings (SSSR count). The molecule has 3 N–H and O–H groups in total. The van der Waals surface area contributed by atoms with Crippen LogP contribution >= 0.6 is 11.3 Å². The molecule has 27 heavy (non-hydrogen) atoms. The first-order chi connectivity index (χ1) is 13.2. The van der Waals surface area contributed by atoms with Gasteiger partial charge in [0.15, 0.2) is 6.61 Å². The summed E-state index contributed by atoms with van der Waals surface area (Å²) in [5.74, 6) is 0.000283. The quantitative estimate of drug-likeness (QED) is 0.734. The highest BCUT2D eigenvalue weighted by Crippen LogP contribution is 2.24. The minimum atomic E-state index is -0.329. The van der Waals surface area contributed by atoms with Crippen molar-refractivity contribution in [2.75, 3.05) is 44.8 Å². The Hall–Kier alpha value is -2.49. The van der Waals surface area contributed by atoms with Crippen molar-refractivity contribution < 1.29 is 19.1 Å². The standard InChI is InChI=1S/C18H22N4O4S/c19-6-5-16-20-14(12-27-16)18(24)21-13-3-1-2-4-15(13)26-11-17(23)22-7-9-25-10-8-22/h1-4,12H,5-11,19H2,(H,21,24). The molecule has 0 saturated carbocycles. The van der Waals surface area contributed by atoms with E-state index in [9.17, 15) is 9.59 Å². The van der Waals surface area contributed by atoms with Crippen molar-refractivity contribution in [1.29, 1.82) is 0 Å². The van der Waals surface area contributed by atoms with Crippen LogP contribution in [0.25, 0.3) is 0 Å². The molecule has 1 aliphatic rings. The summed E-state index contributed by atoms with van der Waals surface area (Å²) in [6.07, 6.45) is 0.640. The summed E-state index contributed by atoms with van der Waals surface area (Å²) in [5.41, 5.74) is 6.34. The molecule has 1 saturated heterocycles. The number of amides is 2. The molecule has 144 valence electrons. The van der Waals surface area contributed by atoms with Gasteiger partial charge in [-0.3, -0.25) is 9.59 Å². The number of hydrogen-bond acceptors (Lipinski definition) is 7. The van der Waals surface area contributed by atoms with Crippen LogP contribution in [-0.4, -0.2) is 61.2 Å². The van der Waals surface area contributed by atoms with Crippen LogP contribution in [0.3, 0.4) is 0 Å². The maximum atomic E-state index is 12.4. The fourth-order valence-electron chi connectivity index (χ4n) is 2.58. The van der Waals surface area contributed by atoms with E-state index < -0.39 is 0 Å². The summed E-state index contributed by atoms with van der Waals surface area (Å²) in [6.45, 7) is 2.61. The third-order valence-electron chi connectivity index (χ3n) is 3.99. The van der Waals surface area contributed by atoms with Gasteiger partial charge in [0.1, 0.15) is 11.4 Å². The second-order valence-electron chi connectivity index (χ2n) is 5.90. The molecule has 9 heteroatoms. The number of hydrogen-bond donors (Lipinski definition) is 2. The summed E-state index contributed by atoms with van der Waals surface area (Å²) in [6, 6.07) is 7.00. The summed E-state index contributed by atoms with van der Waals surface area (Å²) >= 11 is 1.40. The molecule has 0 bridgehead atoms. The molecule has 2 heterocycles. The minimum Gasteiger partial charge on any atom is -0.482 e. The van der Waals surface area contributed by atoms with Gasteiger partial charge in [0.2, 0.25) is 0 Å². The number of ether oxygens (including phenoxy) is 2. The van der Waals surface area contributed by atoms with Crippen LogP contribution in [0.4, 0.5) is 5.69 Å². The molecule has 0 atom stereocenters. The Balaban J connectivity index is 1.61. The molecular weight excluding hydrogens is 368 g/mol. The lowest BCUT2D eigenvalue weighted by atomic mass is 10.3. The van der Waals surface area contributed by atoms with Crippen molar-refractivity contribution in [2.24, 2.45) is 5.73 Å². The first-order valence-electron chi connectivity index (χ1n) is 8.70. The van der Waals surface area contributed by atoms with Crippen LogP contribution < -0.4 is 15.8 Å². The number of aromatic nitrogens is 1. The van der Waals surface area contributed by atoms with Crippen molar-refractivity contribution in [1.82, 2.24) is 9.88 Å². The molecule has 1 fully saturated rings. The predicted octanol–water partition coefficient (Wildman–Crippen LogP) is 1.13. The summed E-state index contributed by atoms with van der Waals surface area (Å²) < 4.78 is 10.9. The van der Waals surface area contributed by atoms with Crippen LogP contribution in [0.5, 0.6) is 5.75 Å². The molecular formula is C18H22N4O4S. The number of rotatable bonds is 7. The zero-order valence-corrected chi connectivity index (χ0v) is 15.7. The van der Waals surface area contributed by atoms with Crippen molar-refractivity contribution in [3.63, 3.8) is 0 Å². The molecule has 0 radical (unpaired) electrons. The van der Waals surface area contributed by atoms with E-state index in [0.717, 1.165) is 5.01 Å². The van der Waals surface area contributed by atoms with Gasteiger partial charge in [-0.05, 0) is 18.7 Å². The molecule has 2 aromatic rings. The Bertz CT molecular complexity index is 789.